The van der Waals surface area contributed by atoms with Gasteiger partial charge in [0.25, 0.3) is 0 Å². The monoisotopic (exact) mass is 491 g/mol. The van der Waals surface area contributed by atoms with Crippen LogP contribution in [0, 0.1) is 2.88 Å². The van der Waals surface area contributed by atoms with E-state index in [-0.39, 0.29) is 23.1 Å². The van der Waals surface area contributed by atoms with E-state index in [0.717, 1.165) is 36.5 Å². The van der Waals surface area contributed by atoms with Gasteiger partial charge in [-0.25, -0.2) is 9.59 Å². The number of hydrogen-bond acceptors (Lipinski definition) is 4. The number of carbonyl (C=O) groups is 2. The number of thiophene rings is 1. The molecule has 0 fully saturated rings. The molecule has 0 saturated carbocycles. The summed E-state index contributed by atoms with van der Waals surface area (Å²) >= 11 is 3.13. The minimum Gasteiger partial charge on any atom is -0.477 e. The van der Waals surface area contributed by atoms with Gasteiger partial charge in [-0.1, -0.05) is 48.5 Å². The van der Waals surface area contributed by atoms with E-state index in [1.807, 2.05) is 59.0 Å². The lowest BCUT2D eigenvalue weighted by Gasteiger charge is -2.14. The molecule has 1 amide bonds. The Bertz CT molecular complexity index is 1000. The van der Waals surface area contributed by atoms with Crippen LogP contribution in [0.4, 0.5) is 10.5 Å². The maximum absolute atomic E-state index is 12.3. The molecule has 0 atom stereocenters. The van der Waals surface area contributed by atoms with Gasteiger partial charge >= 0.3 is 12.1 Å². The van der Waals surface area contributed by atoms with Gasteiger partial charge < -0.3 is 9.84 Å². The number of nitrogens with one attached hydrogen (secondary N) is 1. The number of carboxylic acids is 1. The second-order valence-corrected chi connectivity index (χ2v) is 9.00. The summed E-state index contributed by atoms with van der Waals surface area (Å²) in [5, 5.41) is 11.8. The first kappa shape index (κ1) is 18.0. The number of carbonyl (C=O) groups excluding carboxylic acids is 1. The highest BCUT2D eigenvalue weighted by Gasteiger charge is 2.29. The van der Waals surface area contributed by atoms with Crippen LogP contribution in [-0.2, 0) is 4.74 Å². The van der Waals surface area contributed by atoms with Crippen LogP contribution in [0.5, 0.6) is 0 Å². The molecular formula is C20H14INO4S. The van der Waals surface area contributed by atoms with Gasteiger partial charge in [-0.2, -0.15) is 0 Å². The maximum Gasteiger partial charge on any atom is 0.411 e. The summed E-state index contributed by atoms with van der Waals surface area (Å²) in [6, 6.07) is 17.8. The summed E-state index contributed by atoms with van der Waals surface area (Å²) in [5.74, 6) is -1.11. The standard InChI is InChI=1S/C20H14INO4S/c21-17-9-16(18(27-17)19(23)24)22-20(25)26-10-15-13-7-3-1-5-11(13)12-6-2-4-8-14(12)15/h1-9,15H,10H2,(H,22,25)(H,23,24). The van der Waals surface area contributed by atoms with Crippen LogP contribution in [0.2, 0.25) is 0 Å². The minimum atomic E-state index is -1.07. The predicted octanol–water partition coefficient (Wildman–Crippen LogP) is 5.41. The Balaban J connectivity index is 1.51. The number of benzene rings is 2. The number of amides is 1. The first-order chi connectivity index (χ1) is 13.0. The molecule has 0 spiro atoms. The van der Waals surface area contributed by atoms with Gasteiger partial charge in [0, 0.05) is 5.92 Å². The van der Waals surface area contributed by atoms with E-state index < -0.39 is 12.1 Å². The molecule has 0 bridgehead atoms. The zero-order chi connectivity index (χ0) is 19.0. The van der Waals surface area contributed by atoms with Crippen molar-refractivity contribution >= 4 is 51.7 Å². The molecule has 1 aliphatic carbocycles. The van der Waals surface area contributed by atoms with Gasteiger partial charge in [-0.15, -0.1) is 11.3 Å². The molecule has 1 aliphatic rings. The lowest BCUT2D eigenvalue weighted by Crippen LogP contribution is -2.18. The summed E-state index contributed by atoms with van der Waals surface area (Å²) in [5.41, 5.74) is 4.82. The van der Waals surface area contributed by atoms with Crippen LogP contribution in [0.1, 0.15) is 26.7 Å². The zero-order valence-electron chi connectivity index (χ0n) is 13.9. The fraction of sp³-hybridized carbons (Fsp3) is 0.100. The molecule has 2 aromatic carbocycles. The normalized spacial score (nSPS) is 12.3. The summed E-state index contributed by atoms with van der Waals surface area (Å²) in [4.78, 5) is 23.6. The lowest BCUT2D eigenvalue weighted by atomic mass is 9.98. The number of anilines is 1. The third-order valence-electron chi connectivity index (χ3n) is 4.48. The molecule has 27 heavy (non-hydrogen) atoms. The maximum atomic E-state index is 12.3. The summed E-state index contributed by atoms with van der Waals surface area (Å²) < 4.78 is 6.22. The molecule has 0 radical (unpaired) electrons. The number of rotatable bonds is 4. The third kappa shape index (κ3) is 3.44. The van der Waals surface area contributed by atoms with E-state index in [2.05, 4.69) is 17.4 Å². The van der Waals surface area contributed by atoms with Gasteiger partial charge in [-0.3, -0.25) is 5.32 Å². The van der Waals surface area contributed by atoms with Crippen molar-refractivity contribution < 1.29 is 19.4 Å². The minimum absolute atomic E-state index is 0.0373. The number of fused-ring (bicyclic) bond motifs is 3. The molecule has 1 aromatic heterocycles. The summed E-state index contributed by atoms with van der Waals surface area (Å²) in [7, 11) is 0. The lowest BCUT2D eigenvalue weighted by molar-refractivity contribution is 0.0703. The topological polar surface area (TPSA) is 75.6 Å². The molecule has 7 heteroatoms. The van der Waals surface area contributed by atoms with Gasteiger partial charge in [0.2, 0.25) is 0 Å². The average molecular weight is 491 g/mol. The Kier molecular flexibility index (Phi) is 4.88. The molecule has 4 rings (SSSR count). The Morgan fingerprint density at radius 3 is 2.26 bits per heavy atom. The highest BCUT2D eigenvalue weighted by Crippen LogP contribution is 2.44. The van der Waals surface area contributed by atoms with Crippen molar-refractivity contribution in [3.63, 3.8) is 0 Å². The number of hydrogen-bond donors (Lipinski definition) is 2. The Labute approximate surface area is 173 Å². The van der Waals surface area contributed by atoms with E-state index in [4.69, 9.17) is 4.74 Å². The number of halogens is 1. The summed E-state index contributed by atoms with van der Waals surface area (Å²) in [6.45, 7) is 0.184. The molecular weight excluding hydrogens is 477 g/mol. The Morgan fingerprint density at radius 1 is 1.07 bits per heavy atom. The van der Waals surface area contributed by atoms with Crippen LogP contribution in [0.25, 0.3) is 11.1 Å². The Morgan fingerprint density at radius 2 is 1.67 bits per heavy atom. The smallest absolute Gasteiger partial charge is 0.411 e. The van der Waals surface area contributed by atoms with E-state index in [1.165, 1.54) is 0 Å². The van der Waals surface area contributed by atoms with Crippen molar-refractivity contribution in [3.05, 3.63) is 73.5 Å². The molecule has 0 unspecified atom stereocenters. The largest absolute Gasteiger partial charge is 0.477 e. The van der Waals surface area contributed by atoms with Gasteiger partial charge in [0.05, 0.1) is 8.57 Å². The highest BCUT2D eigenvalue weighted by atomic mass is 127. The molecule has 5 nitrogen and oxygen atoms in total. The first-order valence-electron chi connectivity index (χ1n) is 8.19. The van der Waals surface area contributed by atoms with E-state index in [0.29, 0.717) is 0 Å². The van der Waals surface area contributed by atoms with Crippen LogP contribution in [0.15, 0.2) is 54.6 Å². The molecule has 1 heterocycles. The number of ether oxygens (including phenoxy) is 1. The van der Waals surface area contributed by atoms with Gasteiger partial charge in [-0.05, 0) is 50.9 Å². The highest BCUT2D eigenvalue weighted by molar-refractivity contribution is 14.1. The predicted molar refractivity (Wildman–Crippen MR) is 113 cm³/mol. The van der Waals surface area contributed by atoms with Crippen LogP contribution in [0.3, 0.4) is 0 Å². The van der Waals surface area contributed by atoms with Crippen LogP contribution in [-0.4, -0.2) is 23.8 Å². The third-order valence-corrected chi connectivity index (χ3v) is 6.36. The first-order valence-corrected chi connectivity index (χ1v) is 10.1. The molecule has 3 aromatic rings. The molecule has 136 valence electrons. The zero-order valence-corrected chi connectivity index (χ0v) is 16.9. The summed E-state index contributed by atoms with van der Waals surface area (Å²) in [6.07, 6.45) is -0.659. The average Bonchev–Trinajstić information content (AvgIpc) is 3.18. The van der Waals surface area contributed by atoms with Crippen LogP contribution < -0.4 is 5.32 Å². The molecule has 0 saturated heterocycles. The fourth-order valence-electron chi connectivity index (χ4n) is 3.36. The van der Waals surface area contributed by atoms with Gasteiger partial charge in [0.1, 0.15) is 11.5 Å². The van der Waals surface area contributed by atoms with Gasteiger partial charge in [0.15, 0.2) is 0 Å². The van der Waals surface area contributed by atoms with Crippen molar-refractivity contribution in [2.75, 3.05) is 11.9 Å². The van der Waals surface area contributed by atoms with E-state index >= 15 is 0 Å². The quantitative estimate of drug-likeness (QED) is 0.479. The Hall–Kier alpha value is -2.39. The van der Waals surface area contributed by atoms with E-state index in [9.17, 15) is 14.7 Å². The SMILES string of the molecule is O=C(Nc1cc(I)sc1C(=O)O)OCC1c2ccccc2-c2ccccc21. The second-order valence-electron chi connectivity index (χ2n) is 6.05. The van der Waals surface area contributed by atoms with E-state index in [1.54, 1.807) is 6.07 Å². The number of aromatic carboxylic acids is 1. The number of carboxylic acid groups (broad SMARTS) is 1. The van der Waals surface area contributed by atoms with Crippen molar-refractivity contribution in [3.8, 4) is 11.1 Å². The van der Waals surface area contributed by atoms with Crippen molar-refractivity contribution in [1.82, 2.24) is 0 Å². The van der Waals surface area contributed by atoms with Crippen LogP contribution >= 0.6 is 33.9 Å². The van der Waals surface area contributed by atoms with Crippen molar-refractivity contribution in [2.45, 2.75) is 5.92 Å². The second kappa shape index (κ2) is 7.32. The molecule has 0 aliphatic heterocycles. The fourth-order valence-corrected chi connectivity index (χ4v) is 5.01. The van der Waals surface area contributed by atoms with Crippen molar-refractivity contribution in [2.24, 2.45) is 0 Å². The molecule has 2 N–H and O–H groups in total. The van der Waals surface area contributed by atoms with Crippen molar-refractivity contribution in [1.29, 1.82) is 0 Å².